The standard InChI is InChI=1S/C22H14Cl2FN5O2/c23-13-8-6-12(7-9-13)16-11-17(19-14(24)3-1-4-15(19)25)30-22(26-16)28-21(29-30)27-20(31)18-5-2-10-32-18/h1-11,17H,(H2,26,27,28,29,31)/t17-/m0/s1. The van der Waals surface area contributed by atoms with Gasteiger partial charge in [0.1, 0.15) is 11.9 Å². The Balaban J connectivity index is 1.58. The lowest BCUT2D eigenvalue weighted by atomic mass is 10.0. The van der Waals surface area contributed by atoms with Crippen LogP contribution in [0.25, 0.3) is 5.70 Å². The Morgan fingerprint density at radius 3 is 2.66 bits per heavy atom. The number of hydrogen-bond donors (Lipinski definition) is 2. The van der Waals surface area contributed by atoms with E-state index in [1.807, 2.05) is 12.1 Å². The van der Waals surface area contributed by atoms with Gasteiger partial charge in [0.05, 0.1) is 6.26 Å². The smallest absolute Gasteiger partial charge is 0.293 e. The molecule has 0 saturated carbocycles. The van der Waals surface area contributed by atoms with Crippen LogP contribution in [-0.4, -0.2) is 20.7 Å². The van der Waals surface area contributed by atoms with E-state index in [2.05, 4.69) is 20.7 Å². The summed E-state index contributed by atoms with van der Waals surface area (Å²) in [5, 5.41) is 10.9. The van der Waals surface area contributed by atoms with Crippen molar-refractivity contribution in [1.29, 1.82) is 0 Å². The zero-order chi connectivity index (χ0) is 22.2. The van der Waals surface area contributed by atoms with Crippen LogP contribution in [0.5, 0.6) is 0 Å². The third-order valence-electron chi connectivity index (χ3n) is 4.89. The van der Waals surface area contributed by atoms with Crippen molar-refractivity contribution < 1.29 is 13.6 Å². The molecular weight excluding hydrogens is 456 g/mol. The summed E-state index contributed by atoms with van der Waals surface area (Å²) in [4.78, 5) is 16.7. The zero-order valence-electron chi connectivity index (χ0n) is 16.2. The van der Waals surface area contributed by atoms with Gasteiger partial charge < -0.3 is 9.73 Å². The lowest BCUT2D eigenvalue weighted by Gasteiger charge is -2.25. The maximum atomic E-state index is 14.8. The fraction of sp³-hybridized carbons (Fsp3) is 0.0455. The van der Waals surface area contributed by atoms with Gasteiger partial charge in [-0.15, -0.1) is 5.10 Å². The van der Waals surface area contributed by atoms with Crippen LogP contribution in [-0.2, 0) is 0 Å². The second-order valence-corrected chi connectivity index (χ2v) is 7.77. The third-order valence-corrected chi connectivity index (χ3v) is 5.47. The molecule has 2 N–H and O–H groups in total. The number of halogens is 3. The van der Waals surface area contributed by atoms with Gasteiger partial charge >= 0.3 is 0 Å². The Morgan fingerprint density at radius 2 is 1.94 bits per heavy atom. The molecule has 1 atom stereocenters. The average Bonchev–Trinajstić information content (AvgIpc) is 3.44. The second-order valence-electron chi connectivity index (χ2n) is 6.93. The van der Waals surface area contributed by atoms with Crippen LogP contribution in [0.3, 0.4) is 0 Å². The van der Waals surface area contributed by atoms with Crippen molar-refractivity contribution in [2.45, 2.75) is 6.04 Å². The summed E-state index contributed by atoms with van der Waals surface area (Å²) in [6, 6.07) is 14.0. The number of nitrogens with zero attached hydrogens (tertiary/aromatic N) is 3. The summed E-state index contributed by atoms with van der Waals surface area (Å²) in [5.41, 5.74) is 1.70. The summed E-state index contributed by atoms with van der Waals surface area (Å²) in [5.74, 6) is -0.559. The molecule has 4 aromatic rings. The summed E-state index contributed by atoms with van der Waals surface area (Å²) in [6.07, 6.45) is 3.17. The molecule has 160 valence electrons. The second kappa shape index (κ2) is 8.14. The van der Waals surface area contributed by atoms with Gasteiger partial charge in [-0.25, -0.2) is 9.07 Å². The summed E-state index contributed by atoms with van der Waals surface area (Å²) in [7, 11) is 0. The van der Waals surface area contributed by atoms with Crippen LogP contribution in [0.4, 0.5) is 16.3 Å². The molecule has 0 unspecified atom stereocenters. The molecule has 1 amide bonds. The molecule has 2 aromatic heterocycles. The van der Waals surface area contributed by atoms with Crippen LogP contribution < -0.4 is 10.6 Å². The minimum atomic E-state index is -0.715. The Morgan fingerprint density at radius 1 is 1.12 bits per heavy atom. The number of fused-ring (bicyclic) bond motifs is 1. The van der Waals surface area contributed by atoms with Crippen molar-refractivity contribution in [2.75, 3.05) is 10.6 Å². The van der Waals surface area contributed by atoms with Gasteiger partial charge in [-0.1, -0.05) is 41.4 Å². The monoisotopic (exact) mass is 469 g/mol. The van der Waals surface area contributed by atoms with Gasteiger partial charge in [-0.05, 0) is 48.0 Å². The largest absolute Gasteiger partial charge is 0.459 e. The topological polar surface area (TPSA) is 85.0 Å². The van der Waals surface area contributed by atoms with E-state index < -0.39 is 17.8 Å². The molecule has 1 aliphatic rings. The van der Waals surface area contributed by atoms with Gasteiger partial charge in [0, 0.05) is 21.3 Å². The van der Waals surface area contributed by atoms with Crippen molar-refractivity contribution in [3.8, 4) is 0 Å². The van der Waals surface area contributed by atoms with Crippen molar-refractivity contribution in [1.82, 2.24) is 14.8 Å². The predicted molar refractivity (Wildman–Crippen MR) is 119 cm³/mol. The van der Waals surface area contributed by atoms with Crippen molar-refractivity contribution >= 4 is 46.7 Å². The fourth-order valence-corrected chi connectivity index (χ4v) is 3.81. The van der Waals surface area contributed by atoms with E-state index >= 15 is 0 Å². The van der Waals surface area contributed by atoms with Crippen molar-refractivity contribution in [3.05, 3.63) is 99.7 Å². The van der Waals surface area contributed by atoms with Gasteiger partial charge in [-0.2, -0.15) is 4.98 Å². The van der Waals surface area contributed by atoms with Crippen LogP contribution in [0.2, 0.25) is 10.0 Å². The number of allylic oxidation sites excluding steroid dienone is 1. The highest BCUT2D eigenvalue weighted by molar-refractivity contribution is 6.31. The molecule has 0 aliphatic carbocycles. The first kappa shape index (κ1) is 20.3. The van der Waals surface area contributed by atoms with Crippen LogP contribution in [0.1, 0.15) is 27.7 Å². The van der Waals surface area contributed by atoms with E-state index in [0.29, 0.717) is 16.7 Å². The number of aromatic nitrogens is 3. The number of furan rings is 1. The first-order valence-corrected chi connectivity index (χ1v) is 10.3. The number of amides is 1. The molecule has 2 aromatic carbocycles. The van der Waals surface area contributed by atoms with Crippen LogP contribution in [0, 0.1) is 5.82 Å². The molecule has 0 spiro atoms. The molecular formula is C22H14Cl2FN5O2. The minimum Gasteiger partial charge on any atom is -0.459 e. The van der Waals surface area contributed by atoms with Gasteiger partial charge in [-0.3, -0.25) is 10.1 Å². The number of carbonyl (C=O) groups is 1. The minimum absolute atomic E-state index is 0.0251. The van der Waals surface area contributed by atoms with Gasteiger partial charge in [0.2, 0.25) is 5.95 Å². The quantitative estimate of drug-likeness (QED) is 0.404. The third kappa shape index (κ3) is 3.74. The number of hydrogen-bond acceptors (Lipinski definition) is 5. The molecule has 0 radical (unpaired) electrons. The Bertz CT molecular complexity index is 1310. The van der Waals surface area contributed by atoms with E-state index in [-0.39, 0.29) is 22.3 Å². The van der Waals surface area contributed by atoms with Crippen LogP contribution in [0.15, 0.2) is 71.4 Å². The van der Waals surface area contributed by atoms with Crippen LogP contribution >= 0.6 is 23.2 Å². The molecule has 0 bridgehead atoms. The van der Waals surface area contributed by atoms with E-state index in [0.717, 1.165) is 5.56 Å². The molecule has 7 nitrogen and oxygen atoms in total. The molecule has 0 saturated heterocycles. The highest BCUT2D eigenvalue weighted by Crippen LogP contribution is 2.37. The number of carbonyl (C=O) groups excluding carboxylic acids is 1. The SMILES string of the molecule is O=C(Nc1nc2n(n1)[C@H](c1c(F)cccc1Cl)C=C(c1ccc(Cl)cc1)N2)c1ccco1. The molecule has 5 rings (SSSR count). The average molecular weight is 470 g/mol. The predicted octanol–water partition coefficient (Wildman–Crippen LogP) is 5.63. The number of anilines is 2. The summed E-state index contributed by atoms with van der Waals surface area (Å²) < 4.78 is 21.4. The maximum absolute atomic E-state index is 14.8. The first-order valence-electron chi connectivity index (χ1n) is 9.49. The fourth-order valence-electron chi connectivity index (χ4n) is 3.41. The molecule has 0 fully saturated rings. The zero-order valence-corrected chi connectivity index (χ0v) is 17.7. The van der Waals surface area contributed by atoms with E-state index in [1.165, 1.54) is 29.1 Å². The van der Waals surface area contributed by atoms with Crippen molar-refractivity contribution in [3.63, 3.8) is 0 Å². The summed E-state index contributed by atoms with van der Waals surface area (Å²) in [6.45, 7) is 0. The summed E-state index contributed by atoms with van der Waals surface area (Å²) >= 11 is 12.4. The molecule has 1 aliphatic heterocycles. The van der Waals surface area contributed by atoms with E-state index in [9.17, 15) is 9.18 Å². The maximum Gasteiger partial charge on any atom is 0.293 e. The Hall–Kier alpha value is -3.62. The van der Waals surface area contributed by atoms with Crippen molar-refractivity contribution in [2.24, 2.45) is 0 Å². The Kier molecular flexibility index (Phi) is 5.16. The molecule has 32 heavy (non-hydrogen) atoms. The van der Waals surface area contributed by atoms with E-state index in [1.54, 1.807) is 30.3 Å². The highest BCUT2D eigenvalue weighted by atomic mass is 35.5. The lowest BCUT2D eigenvalue weighted by Crippen LogP contribution is -2.21. The number of rotatable bonds is 4. The molecule has 3 heterocycles. The lowest BCUT2D eigenvalue weighted by molar-refractivity contribution is 0.0995. The molecule has 10 heteroatoms. The highest BCUT2D eigenvalue weighted by Gasteiger charge is 2.29. The number of benzene rings is 2. The van der Waals surface area contributed by atoms with Gasteiger partial charge in [0.25, 0.3) is 11.9 Å². The van der Waals surface area contributed by atoms with E-state index in [4.69, 9.17) is 27.6 Å². The first-order chi connectivity index (χ1) is 15.5. The Labute approximate surface area is 191 Å². The number of nitrogens with one attached hydrogen (secondary N) is 2. The normalized spacial score (nSPS) is 15.0. The van der Waals surface area contributed by atoms with Gasteiger partial charge in [0.15, 0.2) is 5.76 Å².